The first kappa shape index (κ1) is 12.4. The van der Waals surface area contributed by atoms with Crippen molar-refractivity contribution in [2.24, 2.45) is 0 Å². The van der Waals surface area contributed by atoms with Gasteiger partial charge in [0, 0.05) is 0 Å². The molecule has 0 spiro atoms. The molecule has 0 unspecified atom stereocenters. The topological polar surface area (TPSA) is 57.5 Å². The Morgan fingerprint density at radius 1 is 1.17 bits per heavy atom. The van der Waals surface area contributed by atoms with Crippen LogP contribution in [0.1, 0.15) is 35.7 Å². The molecule has 0 radical (unpaired) electrons. The minimum Gasteiger partial charge on any atom is -0.507 e. The quantitative estimate of drug-likeness (QED) is 0.864. The van der Waals surface area contributed by atoms with Gasteiger partial charge in [0.2, 0.25) is 0 Å². The SMILES string of the molecule is CCCCc1ccc2cc(O)c(C(=O)O)cc2c1. The highest BCUT2D eigenvalue weighted by Gasteiger charge is 2.10. The minimum atomic E-state index is -1.10. The van der Waals surface area contributed by atoms with Gasteiger partial charge in [0.1, 0.15) is 11.3 Å². The van der Waals surface area contributed by atoms with Crippen molar-refractivity contribution >= 4 is 16.7 Å². The third-order valence-corrected chi connectivity index (χ3v) is 3.07. The average molecular weight is 244 g/mol. The lowest BCUT2D eigenvalue weighted by Gasteiger charge is -2.06. The van der Waals surface area contributed by atoms with Crippen LogP contribution in [-0.4, -0.2) is 16.2 Å². The summed E-state index contributed by atoms with van der Waals surface area (Å²) in [5.74, 6) is -1.29. The number of benzene rings is 2. The molecule has 3 nitrogen and oxygen atoms in total. The molecule has 94 valence electrons. The molecule has 0 bridgehead atoms. The van der Waals surface area contributed by atoms with Gasteiger partial charge in [-0.1, -0.05) is 31.5 Å². The average Bonchev–Trinajstić information content (AvgIpc) is 2.35. The Bertz CT molecular complexity index is 588. The number of phenols is 1. The van der Waals surface area contributed by atoms with E-state index in [2.05, 4.69) is 6.92 Å². The molecule has 2 N–H and O–H groups in total. The monoisotopic (exact) mass is 244 g/mol. The molecule has 0 heterocycles. The van der Waals surface area contributed by atoms with E-state index in [1.165, 1.54) is 17.7 Å². The Hall–Kier alpha value is -2.03. The second-order valence-electron chi connectivity index (χ2n) is 4.46. The van der Waals surface area contributed by atoms with Gasteiger partial charge < -0.3 is 10.2 Å². The third-order valence-electron chi connectivity index (χ3n) is 3.07. The van der Waals surface area contributed by atoms with E-state index < -0.39 is 5.97 Å². The number of carboxylic acid groups (broad SMARTS) is 1. The van der Waals surface area contributed by atoms with Crippen molar-refractivity contribution < 1.29 is 15.0 Å². The highest BCUT2D eigenvalue weighted by molar-refractivity contribution is 5.97. The van der Waals surface area contributed by atoms with E-state index in [0.29, 0.717) is 0 Å². The van der Waals surface area contributed by atoms with E-state index in [-0.39, 0.29) is 11.3 Å². The Morgan fingerprint density at radius 2 is 1.94 bits per heavy atom. The summed E-state index contributed by atoms with van der Waals surface area (Å²) >= 11 is 0. The van der Waals surface area contributed by atoms with Crippen LogP contribution in [0.3, 0.4) is 0 Å². The number of rotatable bonds is 4. The Balaban J connectivity index is 2.47. The second-order valence-corrected chi connectivity index (χ2v) is 4.46. The number of fused-ring (bicyclic) bond motifs is 1. The standard InChI is InChI=1S/C15H16O3/c1-2-3-4-10-5-6-11-9-14(16)13(15(17)18)8-12(11)7-10/h5-9,16H,2-4H2,1H3,(H,17,18). The number of unbranched alkanes of at least 4 members (excludes halogenated alkanes) is 1. The normalized spacial score (nSPS) is 10.7. The first-order chi connectivity index (χ1) is 8.61. The van der Waals surface area contributed by atoms with E-state index in [9.17, 15) is 9.90 Å². The predicted octanol–water partition coefficient (Wildman–Crippen LogP) is 3.59. The summed E-state index contributed by atoms with van der Waals surface area (Å²) in [4.78, 5) is 11.0. The van der Waals surface area contributed by atoms with Crippen molar-refractivity contribution in [3.63, 3.8) is 0 Å². The molecule has 0 aromatic heterocycles. The third kappa shape index (κ3) is 2.45. The molecular formula is C15H16O3. The highest BCUT2D eigenvalue weighted by Crippen LogP contribution is 2.26. The van der Waals surface area contributed by atoms with Gasteiger partial charge in [0.05, 0.1) is 0 Å². The van der Waals surface area contributed by atoms with Gasteiger partial charge in [-0.3, -0.25) is 0 Å². The van der Waals surface area contributed by atoms with Gasteiger partial charge in [-0.25, -0.2) is 4.79 Å². The van der Waals surface area contributed by atoms with Crippen LogP contribution in [0.5, 0.6) is 5.75 Å². The Labute approximate surface area is 106 Å². The van der Waals surface area contributed by atoms with Crippen LogP contribution in [0.15, 0.2) is 30.3 Å². The number of carbonyl (C=O) groups is 1. The summed E-state index contributed by atoms with van der Waals surface area (Å²) in [6.45, 7) is 2.14. The van der Waals surface area contributed by atoms with Crippen LogP contribution < -0.4 is 0 Å². The van der Waals surface area contributed by atoms with Crippen molar-refractivity contribution in [1.82, 2.24) is 0 Å². The fourth-order valence-electron chi connectivity index (χ4n) is 2.04. The van der Waals surface area contributed by atoms with Gasteiger partial charge in [-0.05, 0) is 41.3 Å². The van der Waals surface area contributed by atoms with E-state index >= 15 is 0 Å². The molecule has 0 saturated carbocycles. The summed E-state index contributed by atoms with van der Waals surface area (Å²) < 4.78 is 0. The van der Waals surface area contributed by atoms with Crippen molar-refractivity contribution in [1.29, 1.82) is 0 Å². The van der Waals surface area contributed by atoms with Gasteiger partial charge in [0.15, 0.2) is 0 Å². The maximum Gasteiger partial charge on any atom is 0.339 e. The summed E-state index contributed by atoms with van der Waals surface area (Å²) in [6.07, 6.45) is 3.25. The van der Waals surface area contributed by atoms with E-state index in [1.54, 1.807) is 0 Å². The molecule has 0 aliphatic heterocycles. The number of hydrogen-bond donors (Lipinski definition) is 2. The molecule has 18 heavy (non-hydrogen) atoms. The predicted molar refractivity (Wildman–Crippen MR) is 71.2 cm³/mol. The van der Waals surface area contributed by atoms with Crippen LogP contribution in [0.2, 0.25) is 0 Å². The first-order valence-corrected chi connectivity index (χ1v) is 6.10. The van der Waals surface area contributed by atoms with Crippen molar-refractivity contribution in [3.05, 3.63) is 41.5 Å². The molecule has 2 aromatic carbocycles. The summed E-state index contributed by atoms with van der Waals surface area (Å²) in [6, 6.07) is 8.98. The Morgan fingerprint density at radius 3 is 2.61 bits per heavy atom. The fourth-order valence-corrected chi connectivity index (χ4v) is 2.04. The number of carboxylic acids is 1. The summed E-state index contributed by atoms with van der Waals surface area (Å²) in [5.41, 5.74) is 1.15. The summed E-state index contributed by atoms with van der Waals surface area (Å²) in [7, 11) is 0. The summed E-state index contributed by atoms with van der Waals surface area (Å²) in [5, 5.41) is 20.3. The maximum absolute atomic E-state index is 11.0. The number of hydrogen-bond acceptors (Lipinski definition) is 2. The molecule has 2 rings (SSSR count). The van der Waals surface area contributed by atoms with Gasteiger partial charge >= 0.3 is 5.97 Å². The second kappa shape index (κ2) is 5.08. The lowest BCUT2D eigenvalue weighted by Crippen LogP contribution is -1.96. The van der Waals surface area contributed by atoms with Crippen molar-refractivity contribution in [3.8, 4) is 5.75 Å². The number of aromatic carboxylic acids is 1. The molecule has 0 amide bonds. The molecule has 2 aromatic rings. The van der Waals surface area contributed by atoms with Crippen LogP contribution in [0.4, 0.5) is 0 Å². The zero-order valence-electron chi connectivity index (χ0n) is 10.3. The largest absolute Gasteiger partial charge is 0.507 e. The zero-order chi connectivity index (χ0) is 13.1. The molecule has 3 heteroatoms. The van der Waals surface area contributed by atoms with Crippen LogP contribution in [0, 0.1) is 0 Å². The van der Waals surface area contributed by atoms with Gasteiger partial charge in [-0.2, -0.15) is 0 Å². The van der Waals surface area contributed by atoms with E-state index in [4.69, 9.17) is 5.11 Å². The Kier molecular flexibility index (Phi) is 3.51. The van der Waals surface area contributed by atoms with Crippen LogP contribution >= 0.6 is 0 Å². The lowest BCUT2D eigenvalue weighted by atomic mass is 10.0. The highest BCUT2D eigenvalue weighted by atomic mass is 16.4. The maximum atomic E-state index is 11.0. The van der Waals surface area contributed by atoms with E-state index in [0.717, 1.165) is 30.0 Å². The van der Waals surface area contributed by atoms with Crippen LogP contribution in [-0.2, 0) is 6.42 Å². The molecule has 0 aliphatic carbocycles. The van der Waals surface area contributed by atoms with E-state index in [1.807, 2.05) is 18.2 Å². The molecule has 0 aliphatic rings. The number of aromatic hydroxyl groups is 1. The van der Waals surface area contributed by atoms with Crippen molar-refractivity contribution in [2.75, 3.05) is 0 Å². The smallest absolute Gasteiger partial charge is 0.339 e. The fraction of sp³-hybridized carbons (Fsp3) is 0.267. The first-order valence-electron chi connectivity index (χ1n) is 6.10. The van der Waals surface area contributed by atoms with Gasteiger partial charge in [0.25, 0.3) is 0 Å². The van der Waals surface area contributed by atoms with Gasteiger partial charge in [-0.15, -0.1) is 0 Å². The minimum absolute atomic E-state index is 0.0462. The number of aryl methyl sites for hydroxylation is 1. The van der Waals surface area contributed by atoms with Crippen molar-refractivity contribution in [2.45, 2.75) is 26.2 Å². The molecule has 0 fully saturated rings. The molecular weight excluding hydrogens is 228 g/mol. The zero-order valence-corrected chi connectivity index (χ0v) is 10.3. The lowest BCUT2D eigenvalue weighted by molar-refractivity contribution is 0.0694. The molecule has 0 saturated heterocycles. The molecule has 0 atom stereocenters. The van der Waals surface area contributed by atoms with Crippen LogP contribution in [0.25, 0.3) is 10.8 Å².